The first kappa shape index (κ1) is 16.9. The standard InChI is InChI=1S/C18H25N3O3/c1-10(22)9-19-16(23)12-7-13(11-5-6-11)20-17-15(12)14(21-24-17)8-18(2,3)4/h7,10-11,22H,5-6,8-9H2,1-4H3,(H,19,23)/t10-/m1/s1. The Labute approximate surface area is 141 Å². The highest BCUT2D eigenvalue weighted by atomic mass is 16.5. The third-order valence-electron chi connectivity index (χ3n) is 4.03. The van der Waals surface area contributed by atoms with Crippen LogP contribution in [0.1, 0.15) is 68.2 Å². The van der Waals surface area contributed by atoms with Crippen LogP contribution in [0.3, 0.4) is 0 Å². The second-order valence-electron chi connectivity index (χ2n) is 7.97. The van der Waals surface area contributed by atoms with E-state index < -0.39 is 6.10 Å². The first-order valence-corrected chi connectivity index (χ1v) is 8.50. The van der Waals surface area contributed by atoms with Gasteiger partial charge in [-0.2, -0.15) is 0 Å². The lowest BCUT2D eigenvalue weighted by molar-refractivity contribution is 0.0925. The number of hydrogen-bond donors (Lipinski definition) is 2. The van der Waals surface area contributed by atoms with Gasteiger partial charge in [0.15, 0.2) is 0 Å². The topological polar surface area (TPSA) is 88.2 Å². The van der Waals surface area contributed by atoms with E-state index in [1.54, 1.807) is 6.92 Å². The van der Waals surface area contributed by atoms with Gasteiger partial charge in [0, 0.05) is 18.2 Å². The van der Waals surface area contributed by atoms with Crippen molar-refractivity contribution in [2.45, 2.75) is 59.0 Å². The summed E-state index contributed by atoms with van der Waals surface area (Å²) in [7, 11) is 0. The van der Waals surface area contributed by atoms with Crippen LogP contribution >= 0.6 is 0 Å². The number of carbonyl (C=O) groups excluding carboxylic acids is 1. The second kappa shape index (κ2) is 6.16. The van der Waals surface area contributed by atoms with E-state index >= 15 is 0 Å². The van der Waals surface area contributed by atoms with Gasteiger partial charge in [-0.3, -0.25) is 4.79 Å². The van der Waals surface area contributed by atoms with Crippen LogP contribution < -0.4 is 5.32 Å². The Morgan fingerprint density at radius 1 is 1.46 bits per heavy atom. The molecular weight excluding hydrogens is 306 g/mol. The molecule has 24 heavy (non-hydrogen) atoms. The van der Waals surface area contributed by atoms with Crippen molar-refractivity contribution in [3.05, 3.63) is 23.0 Å². The summed E-state index contributed by atoms with van der Waals surface area (Å²) < 4.78 is 5.44. The molecule has 0 aromatic carbocycles. The van der Waals surface area contributed by atoms with E-state index in [0.29, 0.717) is 29.0 Å². The lowest BCUT2D eigenvalue weighted by Crippen LogP contribution is -2.31. The van der Waals surface area contributed by atoms with Gasteiger partial charge in [0.1, 0.15) is 0 Å². The largest absolute Gasteiger partial charge is 0.392 e. The molecule has 1 aliphatic carbocycles. The number of pyridine rings is 1. The maximum absolute atomic E-state index is 12.7. The van der Waals surface area contributed by atoms with Crippen molar-refractivity contribution in [2.24, 2.45) is 5.41 Å². The summed E-state index contributed by atoms with van der Waals surface area (Å²) in [6.07, 6.45) is 2.29. The lowest BCUT2D eigenvalue weighted by atomic mass is 9.89. The van der Waals surface area contributed by atoms with Gasteiger partial charge in [0.2, 0.25) is 0 Å². The molecule has 0 saturated heterocycles. The summed E-state index contributed by atoms with van der Waals surface area (Å²) in [5.74, 6) is 0.192. The number of hydrogen-bond acceptors (Lipinski definition) is 5. The summed E-state index contributed by atoms with van der Waals surface area (Å²) in [4.78, 5) is 17.2. The van der Waals surface area contributed by atoms with Crippen LogP contribution in [0.15, 0.2) is 10.6 Å². The highest BCUT2D eigenvalue weighted by molar-refractivity contribution is 6.06. The molecule has 3 rings (SSSR count). The zero-order chi connectivity index (χ0) is 17.5. The van der Waals surface area contributed by atoms with Crippen LogP contribution in [0.4, 0.5) is 0 Å². The highest BCUT2D eigenvalue weighted by Gasteiger charge is 2.29. The third-order valence-corrected chi connectivity index (χ3v) is 4.03. The van der Waals surface area contributed by atoms with Crippen LogP contribution in [0, 0.1) is 5.41 Å². The van der Waals surface area contributed by atoms with Gasteiger partial charge in [-0.15, -0.1) is 0 Å². The van der Waals surface area contributed by atoms with E-state index in [9.17, 15) is 9.90 Å². The molecule has 0 bridgehead atoms. The summed E-state index contributed by atoms with van der Waals surface area (Å²) in [5, 5.41) is 17.1. The normalized spacial score (nSPS) is 16.4. The maximum Gasteiger partial charge on any atom is 0.259 e. The van der Waals surface area contributed by atoms with Gasteiger partial charge in [-0.1, -0.05) is 25.9 Å². The monoisotopic (exact) mass is 331 g/mol. The van der Waals surface area contributed by atoms with Crippen molar-refractivity contribution in [1.29, 1.82) is 0 Å². The van der Waals surface area contributed by atoms with Crippen molar-refractivity contribution in [1.82, 2.24) is 15.5 Å². The van der Waals surface area contributed by atoms with Crippen LogP contribution in [-0.2, 0) is 6.42 Å². The van der Waals surface area contributed by atoms with E-state index in [0.717, 1.165) is 24.2 Å². The quantitative estimate of drug-likeness (QED) is 0.879. The van der Waals surface area contributed by atoms with E-state index in [2.05, 4.69) is 36.2 Å². The van der Waals surface area contributed by atoms with Crippen LogP contribution in [0.5, 0.6) is 0 Å². The first-order chi connectivity index (χ1) is 11.2. The fourth-order valence-corrected chi connectivity index (χ4v) is 2.76. The average Bonchev–Trinajstić information content (AvgIpc) is 3.26. The molecule has 2 aromatic rings. The Kier molecular flexibility index (Phi) is 4.34. The number of aliphatic hydroxyl groups excluding tert-OH is 1. The summed E-state index contributed by atoms with van der Waals surface area (Å²) in [5.41, 5.74) is 2.65. The van der Waals surface area contributed by atoms with Gasteiger partial charge in [-0.25, -0.2) is 4.98 Å². The van der Waals surface area contributed by atoms with E-state index in [1.165, 1.54) is 0 Å². The van der Waals surface area contributed by atoms with Crippen LogP contribution in [0.25, 0.3) is 11.1 Å². The molecule has 6 heteroatoms. The molecule has 1 fully saturated rings. The average molecular weight is 331 g/mol. The number of amides is 1. The lowest BCUT2D eigenvalue weighted by Gasteiger charge is -2.16. The number of nitrogens with zero attached hydrogens (tertiary/aromatic N) is 2. The van der Waals surface area contributed by atoms with E-state index in [1.807, 2.05) is 6.07 Å². The SMILES string of the molecule is C[C@@H](O)CNC(=O)c1cc(C2CC2)nc2onc(CC(C)(C)C)c12. The molecule has 1 aliphatic rings. The van der Waals surface area contributed by atoms with E-state index in [4.69, 9.17) is 4.52 Å². The van der Waals surface area contributed by atoms with Crippen molar-refractivity contribution < 1.29 is 14.4 Å². The van der Waals surface area contributed by atoms with Gasteiger partial charge in [-0.05, 0) is 37.7 Å². The predicted octanol–water partition coefficient (Wildman–Crippen LogP) is 2.80. The molecule has 2 N–H and O–H groups in total. The van der Waals surface area contributed by atoms with Crippen LogP contribution in [-0.4, -0.2) is 33.8 Å². The number of aliphatic hydroxyl groups is 1. The summed E-state index contributed by atoms with van der Waals surface area (Å²) in [6, 6.07) is 1.86. The van der Waals surface area contributed by atoms with Gasteiger partial charge in [0.25, 0.3) is 11.6 Å². The first-order valence-electron chi connectivity index (χ1n) is 8.50. The molecule has 2 heterocycles. The predicted molar refractivity (Wildman–Crippen MR) is 91.0 cm³/mol. The summed E-state index contributed by atoms with van der Waals surface area (Å²) in [6.45, 7) is 8.20. The smallest absolute Gasteiger partial charge is 0.259 e. The minimum atomic E-state index is -0.592. The number of rotatable bonds is 5. The number of carbonyl (C=O) groups is 1. The molecule has 6 nitrogen and oxygen atoms in total. The molecule has 0 aliphatic heterocycles. The molecule has 1 saturated carbocycles. The molecule has 2 aromatic heterocycles. The fraction of sp³-hybridized carbons (Fsp3) is 0.611. The Hall–Kier alpha value is -1.95. The van der Waals surface area contributed by atoms with Crippen molar-refractivity contribution in [3.63, 3.8) is 0 Å². The van der Waals surface area contributed by atoms with Gasteiger partial charge >= 0.3 is 0 Å². The molecule has 0 radical (unpaired) electrons. The minimum Gasteiger partial charge on any atom is -0.392 e. The maximum atomic E-state index is 12.7. The summed E-state index contributed by atoms with van der Waals surface area (Å²) >= 11 is 0. The number of aromatic nitrogens is 2. The van der Waals surface area contributed by atoms with Gasteiger partial charge < -0.3 is 14.9 Å². The Balaban J connectivity index is 2.04. The molecule has 1 amide bonds. The second-order valence-corrected chi connectivity index (χ2v) is 7.97. The van der Waals surface area contributed by atoms with Gasteiger partial charge in [0.05, 0.1) is 22.7 Å². The van der Waals surface area contributed by atoms with Crippen molar-refractivity contribution >= 4 is 17.0 Å². The molecule has 0 unspecified atom stereocenters. The minimum absolute atomic E-state index is 0.0202. The Morgan fingerprint density at radius 2 is 2.17 bits per heavy atom. The Morgan fingerprint density at radius 3 is 2.75 bits per heavy atom. The molecule has 130 valence electrons. The third kappa shape index (κ3) is 3.75. The fourth-order valence-electron chi connectivity index (χ4n) is 2.76. The molecule has 1 atom stereocenters. The Bertz CT molecular complexity index is 755. The number of nitrogens with one attached hydrogen (secondary N) is 1. The number of fused-ring (bicyclic) bond motifs is 1. The zero-order valence-corrected chi connectivity index (χ0v) is 14.7. The van der Waals surface area contributed by atoms with Crippen molar-refractivity contribution in [3.8, 4) is 0 Å². The molecular formula is C18H25N3O3. The van der Waals surface area contributed by atoms with Crippen LogP contribution in [0.2, 0.25) is 0 Å². The highest BCUT2D eigenvalue weighted by Crippen LogP contribution is 2.40. The van der Waals surface area contributed by atoms with Crippen molar-refractivity contribution in [2.75, 3.05) is 6.54 Å². The zero-order valence-electron chi connectivity index (χ0n) is 14.7. The van der Waals surface area contributed by atoms with E-state index in [-0.39, 0.29) is 17.9 Å². The molecule has 0 spiro atoms.